The summed E-state index contributed by atoms with van der Waals surface area (Å²) in [6.45, 7) is 10.5. The van der Waals surface area contributed by atoms with Crippen LogP contribution >= 0.6 is 11.3 Å². The highest BCUT2D eigenvalue weighted by Crippen LogP contribution is 2.29. The molecule has 0 fully saturated rings. The van der Waals surface area contributed by atoms with Crippen molar-refractivity contribution in [3.63, 3.8) is 0 Å². The number of hydrazine groups is 1. The molecule has 0 bridgehead atoms. The Bertz CT molecular complexity index is 587. The van der Waals surface area contributed by atoms with Crippen molar-refractivity contribution in [1.82, 2.24) is 15.0 Å². The molecule has 5 nitrogen and oxygen atoms in total. The quantitative estimate of drug-likeness (QED) is 0.671. The summed E-state index contributed by atoms with van der Waals surface area (Å²) in [6, 6.07) is 0. The Hall–Kier alpha value is -1.53. The van der Waals surface area contributed by atoms with Gasteiger partial charge < -0.3 is 5.43 Å². The Morgan fingerprint density at radius 1 is 1.25 bits per heavy atom. The number of nitrogen functional groups attached to an aromatic ring is 1. The van der Waals surface area contributed by atoms with E-state index < -0.39 is 0 Å². The lowest BCUT2D eigenvalue weighted by Gasteiger charge is -2.13. The van der Waals surface area contributed by atoms with Gasteiger partial charge in [0.15, 0.2) is 5.82 Å². The van der Waals surface area contributed by atoms with Crippen LogP contribution in [0.3, 0.4) is 0 Å². The standard InChI is InChI=1S/C14H21N5S/c1-6-9-8(2)11(19-15)18-12(16-9)10-7-20-13(17-10)14(3,4)5/h7H,6,15H2,1-5H3,(H,16,18,19). The Kier molecular flexibility index (Phi) is 4.06. The summed E-state index contributed by atoms with van der Waals surface area (Å²) >= 11 is 1.64. The molecule has 0 saturated carbocycles. The molecular weight excluding hydrogens is 270 g/mol. The number of anilines is 1. The molecule has 0 spiro atoms. The maximum absolute atomic E-state index is 5.54. The second-order valence-corrected chi connectivity index (χ2v) is 6.61. The molecule has 3 N–H and O–H groups in total. The second-order valence-electron chi connectivity index (χ2n) is 5.75. The highest BCUT2D eigenvalue weighted by molar-refractivity contribution is 7.10. The van der Waals surface area contributed by atoms with Crippen LogP contribution in [0.5, 0.6) is 0 Å². The van der Waals surface area contributed by atoms with Crippen molar-refractivity contribution in [1.29, 1.82) is 0 Å². The fourth-order valence-corrected chi connectivity index (χ4v) is 2.77. The van der Waals surface area contributed by atoms with E-state index in [1.54, 1.807) is 11.3 Å². The number of nitrogens with zero attached hydrogens (tertiary/aromatic N) is 3. The molecule has 0 aliphatic rings. The molecule has 108 valence electrons. The number of thiazole rings is 1. The first-order chi connectivity index (χ1) is 9.36. The zero-order valence-corrected chi connectivity index (χ0v) is 13.4. The van der Waals surface area contributed by atoms with E-state index in [2.05, 4.69) is 48.1 Å². The average molecular weight is 291 g/mol. The van der Waals surface area contributed by atoms with Crippen molar-refractivity contribution in [3.8, 4) is 11.5 Å². The van der Waals surface area contributed by atoms with E-state index in [0.29, 0.717) is 11.6 Å². The lowest BCUT2D eigenvalue weighted by atomic mass is 9.98. The lowest BCUT2D eigenvalue weighted by molar-refractivity contribution is 0.586. The third kappa shape index (κ3) is 2.81. The highest BCUT2D eigenvalue weighted by Gasteiger charge is 2.20. The SMILES string of the molecule is CCc1nc(-c2csc(C(C)(C)C)n2)nc(NN)c1C. The first-order valence-corrected chi connectivity index (χ1v) is 7.55. The molecule has 2 aromatic rings. The molecule has 0 aromatic carbocycles. The summed E-state index contributed by atoms with van der Waals surface area (Å²) < 4.78 is 0. The van der Waals surface area contributed by atoms with Crippen molar-refractivity contribution < 1.29 is 0 Å². The Balaban J connectivity index is 2.50. The molecule has 0 amide bonds. The van der Waals surface area contributed by atoms with Crippen molar-refractivity contribution in [3.05, 3.63) is 21.6 Å². The molecule has 20 heavy (non-hydrogen) atoms. The van der Waals surface area contributed by atoms with Gasteiger partial charge in [-0.3, -0.25) is 0 Å². The normalized spacial score (nSPS) is 11.7. The molecule has 0 radical (unpaired) electrons. The van der Waals surface area contributed by atoms with Crippen LogP contribution in [-0.2, 0) is 11.8 Å². The molecular formula is C14H21N5S. The molecule has 2 heterocycles. The maximum atomic E-state index is 5.54. The average Bonchev–Trinajstić information content (AvgIpc) is 2.88. The Morgan fingerprint density at radius 2 is 1.95 bits per heavy atom. The Morgan fingerprint density at radius 3 is 2.45 bits per heavy atom. The fourth-order valence-electron chi connectivity index (χ4n) is 1.88. The molecule has 0 aliphatic heterocycles. The van der Waals surface area contributed by atoms with Gasteiger partial charge in [0.2, 0.25) is 0 Å². The number of hydrogen-bond donors (Lipinski definition) is 2. The van der Waals surface area contributed by atoms with Crippen LogP contribution in [0.4, 0.5) is 5.82 Å². The summed E-state index contributed by atoms with van der Waals surface area (Å²) in [5, 5.41) is 3.09. The van der Waals surface area contributed by atoms with E-state index in [-0.39, 0.29) is 5.41 Å². The number of nitrogens with one attached hydrogen (secondary N) is 1. The van der Waals surface area contributed by atoms with Gasteiger partial charge in [0.05, 0.1) is 5.01 Å². The predicted molar refractivity (Wildman–Crippen MR) is 83.8 cm³/mol. The minimum Gasteiger partial charge on any atom is -0.308 e. The topological polar surface area (TPSA) is 76.7 Å². The zero-order chi connectivity index (χ0) is 14.9. The molecule has 0 unspecified atom stereocenters. The van der Waals surface area contributed by atoms with Crippen molar-refractivity contribution in [2.24, 2.45) is 5.84 Å². The Labute approximate surface area is 123 Å². The van der Waals surface area contributed by atoms with Gasteiger partial charge in [-0.2, -0.15) is 0 Å². The number of nitrogens with two attached hydrogens (primary N) is 1. The minimum atomic E-state index is 0.0378. The van der Waals surface area contributed by atoms with Crippen LogP contribution in [0.2, 0.25) is 0 Å². The maximum Gasteiger partial charge on any atom is 0.181 e. The number of rotatable bonds is 3. The van der Waals surface area contributed by atoms with E-state index >= 15 is 0 Å². The third-order valence-corrected chi connectivity index (χ3v) is 4.36. The molecule has 2 aromatic heterocycles. The van der Waals surface area contributed by atoms with Gasteiger partial charge >= 0.3 is 0 Å². The van der Waals surface area contributed by atoms with E-state index in [4.69, 9.17) is 5.84 Å². The monoisotopic (exact) mass is 291 g/mol. The van der Waals surface area contributed by atoms with Crippen LogP contribution in [0, 0.1) is 6.92 Å². The highest BCUT2D eigenvalue weighted by atomic mass is 32.1. The van der Waals surface area contributed by atoms with Gasteiger partial charge in [-0.05, 0) is 13.3 Å². The molecule has 2 rings (SSSR count). The fraction of sp³-hybridized carbons (Fsp3) is 0.500. The summed E-state index contributed by atoms with van der Waals surface area (Å²) in [7, 11) is 0. The van der Waals surface area contributed by atoms with Crippen LogP contribution in [-0.4, -0.2) is 15.0 Å². The summed E-state index contributed by atoms with van der Waals surface area (Å²) in [5.74, 6) is 6.83. The van der Waals surface area contributed by atoms with Crippen molar-refractivity contribution >= 4 is 17.2 Å². The number of hydrogen-bond acceptors (Lipinski definition) is 6. The van der Waals surface area contributed by atoms with E-state index in [1.165, 1.54) is 0 Å². The summed E-state index contributed by atoms with van der Waals surface area (Å²) in [5.41, 5.74) is 5.48. The molecule has 6 heteroatoms. The second kappa shape index (κ2) is 5.46. The van der Waals surface area contributed by atoms with Crippen molar-refractivity contribution in [2.75, 3.05) is 5.43 Å². The first-order valence-electron chi connectivity index (χ1n) is 6.67. The van der Waals surface area contributed by atoms with Crippen LogP contribution in [0.1, 0.15) is 44.0 Å². The summed E-state index contributed by atoms with van der Waals surface area (Å²) in [6.07, 6.45) is 0.840. The van der Waals surface area contributed by atoms with Crippen LogP contribution < -0.4 is 11.3 Å². The largest absolute Gasteiger partial charge is 0.308 e. The van der Waals surface area contributed by atoms with Gasteiger partial charge in [-0.25, -0.2) is 20.8 Å². The van der Waals surface area contributed by atoms with Crippen LogP contribution in [0.25, 0.3) is 11.5 Å². The van der Waals surface area contributed by atoms with Crippen molar-refractivity contribution in [2.45, 2.75) is 46.5 Å². The van der Waals surface area contributed by atoms with Gasteiger partial charge in [0, 0.05) is 22.1 Å². The van der Waals surface area contributed by atoms with Crippen LogP contribution in [0.15, 0.2) is 5.38 Å². The van der Waals surface area contributed by atoms with Gasteiger partial charge in [0.25, 0.3) is 0 Å². The van der Waals surface area contributed by atoms with E-state index in [0.717, 1.165) is 28.4 Å². The molecule has 0 aliphatic carbocycles. The molecule has 0 atom stereocenters. The van der Waals surface area contributed by atoms with E-state index in [1.807, 2.05) is 12.3 Å². The third-order valence-electron chi connectivity index (χ3n) is 3.09. The van der Waals surface area contributed by atoms with Gasteiger partial charge in [0.1, 0.15) is 11.5 Å². The van der Waals surface area contributed by atoms with Gasteiger partial charge in [-0.1, -0.05) is 27.7 Å². The first kappa shape index (κ1) is 14.9. The predicted octanol–water partition coefficient (Wildman–Crippen LogP) is 3.05. The molecule has 0 saturated heterocycles. The zero-order valence-electron chi connectivity index (χ0n) is 12.6. The summed E-state index contributed by atoms with van der Waals surface area (Å²) in [4.78, 5) is 13.7. The smallest absolute Gasteiger partial charge is 0.181 e. The number of aryl methyl sites for hydroxylation is 1. The lowest BCUT2D eigenvalue weighted by Crippen LogP contribution is -2.13. The minimum absolute atomic E-state index is 0.0378. The number of aromatic nitrogens is 3. The van der Waals surface area contributed by atoms with E-state index in [9.17, 15) is 0 Å². The van der Waals surface area contributed by atoms with Gasteiger partial charge in [-0.15, -0.1) is 11.3 Å².